The Hall–Kier alpha value is 0.430. The summed E-state index contributed by atoms with van der Waals surface area (Å²) in [6, 6.07) is 0. The minimum atomic E-state index is 0.490. The van der Waals surface area contributed by atoms with Gasteiger partial charge in [0, 0.05) is 0 Å². The van der Waals surface area contributed by atoms with Crippen LogP contribution in [0.4, 0.5) is 0 Å². The summed E-state index contributed by atoms with van der Waals surface area (Å²) in [4.78, 5) is 0. The van der Waals surface area contributed by atoms with Gasteiger partial charge >= 0.3 is 0 Å². The van der Waals surface area contributed by atoms with Crippen LogP contribution in [0, 0.1) is 22.7 Å². The fourth-order valence-electron chi connectivity index (χ4n) is 3.73. The van der Waals surface area contributed by atoms with Gasteiger partial charge in [-0.25, -0.2) is 0 Å². The third-order valence-electron chi connectivity index (χ3n) is 5.68. The van der Waals surface area contributed by atoms with Crippen molar-refractivity contribution in [2.24, 2.45) is 22.7 Å². The first-order valence-corrected chi connectivity index (χ1v) is 8.18. The van der Waals surface area contributed by atoms with E-state index in [1.807, 2.05) is 0 Å². The molecule has 0 bridgehead atoms. The van der Waals surface area contributed by atoms with E-state index in [-0.39, 0.29) is 0 Å². The Labute approximate surface area is 112 Å². The lowest BCUT2D eigenvalue weighted by atomic mass is 9.56. The molecule has 0 saturated heterocycles. The van der Waals surface area contributed by atoms with E-state index >= 15 is 0 Å². The fraction of sp³-hybridized carbons (Fsp3) is 1.00. The van der Waals surface area contributed by atoms with Crippen LogP contribution in [0.25, 0.3) is 0 Å². The Balaban J connectivity index is 3.00. The molecule has 0 heterocycles. The highest BCUT2D eigenvalue weighted by molar-refractivity contribution is 7.17. The van der Waals surface area contributed by atoms with Gasteiger partial charge in [-0.1, -0.05) is 60.8 Å². The van der Waals surface area contributed by atoms with E-state index in [1.54, 1.807) is 0 Å². The maximum Gasteiger partial charge on any atom is -0.0228 e. The van der Waals surface area contributed by atoms with Crippen molar-refractivity contribution in [2.45, 2.75) is 79.3 Å². The van der Waals surface area contributed by atoms with E-state index < -0.39 is 0 Å². The third-order valence-corrected chi connectivity index (χ3v) is 6.42. The van der Waals surface area contributed by atoms with Crippen molar-refractivity contribution >= 4 is 9.24 Å². The molecule has 1 saturated carbocycles. The van der Waals surface area contributed by atoms with Crippen LogP contribution in [0.5, 0.6) is 0 Å². The van der Waals surface area contributed by atoms with Crippen LogP contribution in [-0.4, -0.2) is 5.66 Å². The van der Waals surface area contributed by atoms with Gasteiger partial charge in [0.05, 0.1) is 0 Å². The van der Waals surface area contributed by atoms with Crippen molar-refractivity contribution in [3.63, 3.8) is 0 Å². The molecule has 1 rings (SSSR count). The zero-order valence-electron chi connectivity index (χ0n) is 12.8. The Morgan fingerprint density at radius 2 is 1.47 bits per heavy atom. The molecule has 1 heteroatoms. The molecular weight excluding hydrogens is 223 g/mol. The molecule has 0 aromatic carbocycles. The lowest BCUT2D eigenvalue weighted by Crippen LogP contribution is -2.45. The lowest BCUT2D eigenvalue weighted by molar-refractivity contribution is 0.0158. The monoisotopic (exact) mass is 256 g/mol. The van der Waals surface area contributed by atoms with Gasteiger partial charge in [-0.3, -0.25) is 0 Å². The van der Waals surface area contributed by atoms with Crippen molar-refractivity contribution < 1.29 is 0 Å². The molecule has 1 fully saturated rings. The molecule has 0 spiro atoms. The van der Waals surface area contributed by atoms with Crippen molar-refractivity contribution in [2.75, 3.05) is 0 Å². The molecule has 0 aliphatic heterocycles. The summed E-state index contributed by atoms with van der Waals surface area (Å²) in [5.41, 5.74) is 1.82. The fourth-order valence-corrected chi connectivity index (χ4v) is 4.75. The van der Waals surface area contributed by atoms with Gasteiger partial charge < -0.3 is 0 Å². The molecular formula is C16H33P. The van der Waals surface area contributed by atoms with Crippen molar-refractivity contribution in [3.05, 3.63) is 0 Å². The van der Waals surface area contributed by atoms with E-state index in [0.717, 1.165) is 17.5 Å². The van der Waals surface area contributed by atoms with Crippen LogP contribution in [0.1, 0.15) is 73.6 Å². The second-order valence-electron chi connectivity index (χ2n) is 7.41. The predicted molar refractivity (Wildman–Crippen MR) is 82.5 cm³/mol. The summed E-state index contributed by atoms with van der Waals surface area (Å²) < 4.78 is 0. The molecule has 1 aliphatic carbocycles. The highest BCUT2D eigenvalue weighted by Gasteiger charge is 2.45. The molecule has 0 radical (unpaired) electrons. The van der Waals surface area contributed by atoms with Gasteiger partial charge in [0.15, 0.2) is 0 Å². The summed E-state index contributed by atoms with van der Waals surface area (Å²) in [6.07, 6.45) is 6.90. The first-order chi connectivity index (χ1) is 7.76. The smallest absolute Gasteiger partial charge is 0.0228 e. The molecule has 4 unspecified atom stereocenters. The molecule has 0 aromatic heterocycles. The van der Waals surface area contributed by atoms with E-state index in [0.29, 0.717) is 10.8 Å². The second-order valence-corrected chi connectivity index (χ2v) is 8.27. The standard InChI is InChI=1S/C16H33P/c1-7-15(3,4)12-10-9-11-13(17)14(12)16(5,6)8-2/h12-14H,7-11,17H2,1-6H3. The minimum Gasteiger partial charge on any atom is -0.134 e. The molecule has 0 N–H and O–H groups in total. The van der Waals surface area contributed by atoms with Crippen LogP contribution in [-0.2, 0) is 0 Å². The van der Waals surface area contributed by atoms with Gasteiger partial charge in [-0.05, 0) is 41.2 Å². The van der Waals surface area contributed by atoms with Gasteiger partial charge in [0.1, 0.15) is 0 Å². The highest BCUT2D eigenvalue weighted by Crippen LogP contribution is 2.53. The molecule has 0 aromatic rings. The molecule has 0 nitrogen and oxygen atoms in total. The van der Waals surface area contributed by atoms with Crippen molar-refractivity contribution in [3.8, 4) is 0 Å². The van der Waals surface area contributed by atoms with Crippen LogP contribution >= 0.6 is 9.24 Å². The maximum atomic E-state index is 3.16. The normalized spacial score (nSPS) is 31.6. The Morgan fingerprint density at radius 1 is 0.941 bits per heavy atom. The highest BCUT2D eigenvalue weighted by atomic mass is 31.0. The second kappa shape index (κ2) is 5.60. The van der Waals surface area contributed by atoms with Gasteiger partial charge in [-0.15, -0.1) is 9.24 Å². The average molecular weight is 256 g/mol. The van der Waals surface area contributed by atoms with Gasteiger partial charge in [0.25, 0.3) is 0 Å². The molecule has 4 atom stereocenters. The first kappa shape index (κ1) is 15.5. The van der Waals surface area contributed by atoms with E-state index in [9.17, 15) is 0 Å². The van der Waals surface area contributed by atoms with E-state index in [2.05, 4.69) is 50.8 Å². The molecule has 0 amide bonds. The van der Waals surface area contributed by atoms with Crippen molar-refractivity contribution in [1.82, 2.24) is 0 Å². The zero-order valence-corrected chi connectivity index (χ0v) is 14.0. The Morgan fingerprint density at radius 3 is 1.94 bits per heavy atom. The van der Waals surface area contributed by atoms with Crippen LogP contribution in [0.15, 0.2) is 0 Å². The number of hydrogen-bond donors (Lipinski definition) is 0. The maximum absolute atomic E-state index is 3.16. The van der Waals surface area contributed by atoms with Gasteiger partial charge in [0.2, 0.25) is 0 Å². The van der Waals surface area contributed by atoms with Crippen LogP contribution in [0.2, 0.25) is 0 Å². The lowest BCUT2D eigenvalue weighted by Gasteiger charge is -2.51. The summed E-state index contributed by atoms with van der Waals surface area (Å²) in [7, 11) is 3.16. The third kappa shape index (κ3) is 3.25. The van der Waals surface area contributed by atoms with Crippen LogP contribution < -0.4 is 0 Å². The first-order valence-electron chi connectivity index (χ1n) is 7.52. The largest absolute Gasteiger partial charge is 0.134 e. The van der Waals surface area contributed by atoms with E-state index in [4.69, 9.17) is 0 Å². The SMILES string of the molecule is CCC(C)(C)C1CCCC(P)C1C(C)(C)CC. The van der Waals surface area contributed by atoms with Crippen molar-refractivity contribution in [1.29, 1.82) is 0 Å². The Bertz CT molecular complexity index is 242. The topological polar surface area (TPSA) is 0 Å². The summed E-state index contributed by atoms with van der Waals surface area (Å²) in [6.45, 7) is 14.7. The number of hydrogen-bond acceptors (Lipinski definition) is 0. The van der Waals surface area contributed by atoms with Crippen LogP contribution in [0.3, 0.4) is 0 Å². The summed E-state index contributed by atoms with van der Waals surface area (Å²) >= 11 is 0. The molecule has 102 valence electrons. The summed E-state index contributed by atoms with van der Waals surface area (Å²) in [5, 5.41) is 0. The average Bonchev–Trinajstić information content (AvgIpc) is 2.28. The quantitative estimate of drug-likeness (QED) is 0.581. The number of rotatable bonds is 4. The predicted octanol–water partition coefficient (Wildman–Crippen LogP) is 5.52. The molecule has 1 aliphatic rings. The summed E-state index contributed by atoms with van der Waals surface area (Å²) in [5.74, 6) is 1.78. The minimum absolute atomic E-state index is 0.490. The zero-order chi connectivity index (χ0) is 13.3. The molecule has 17 heavy (non-hydrogen) atoms. The Kier molecular flexibility index (Phi) is 5.10. The van der Waals surface area contributed by atoms with E-state index in [1.165, 1.54) is 32.1 Å². The van der Waals surface area contributed by atoms with Gasteiger partial charge in [-0.2, -0.15) is 0 Å².